The van der Waals surface area contributed by atoms with E-state index in [2.05, 4.69) is 18.8 Å². The van der Waals surface area contributed by atoms with E-state index in [9.17, 15) is 4.79 Å². The lowest BCUT2D eigenvalue weighted by Crippen LogP contribution is -2.25. The third kappa shape index (κ3) is 10.6. The van der Waals surface area contributed by atoms with Crippen molar-refractivity contribution in [2.24, 2.45) is 5.92 Å². The highest BCUT2D eigenvalue weighted by Gasteiger charge is 2.23. The highest BCUT2D eigenvalue weighted by atomic mass is 33.1. The Bertz CT molecular complexity index is 385. The van der Waals surface area contributed by atoms with Crippen LogP contribution in [0.5, 0.6) is 0 Å². The van der Waals surface area contributed by atoms with Crippen molar-refractivity contribution in [2.45, 2.75) is 51.3 Å². The lowest BCUT2D eigenvalue weighted by molar-refractivity contribution is -0.147. The van der Waals surface area contributed by atoms with Crippen LogP contribution in [0.2, 0.25) is 0 Å². The molecule has 0 bridgehead atoms. The van der Waals surface area contributed by atoms with Gasteiger partial charge in [-0.2, -0.15) is 0 Å². The summed E-state index contributed by atoms with van der Waals surface area (Å²) in [7, 11) is 3.26. The average Bonchev–Trinajstić information content (AvgIpc) is 2.46. The van der Waals surface area contributed by atoms with Crippen LogP contribution >= 0.6 is 21.6 Å². The molecule has 0 amide bonds. The largest absolute Gasteiger partial charge is 0.464 e. The Morgan fingerprint density at radius 1 is 1.33 bits per heavy atom. The van der Waals surface area contributed by atoms with E-state index < -0.39 is 0 Å². The number of hydrogen-bond donors (Lipinski definition) is 1. The number of carbonyl (C=O) groups excluding carboxylic acids is 1. The van der Waals surface area contributed by atoms with E-state index in [4.69, 9.17) is 4.74 Å². The zero-order valence-corrected chi connectivity index (χ0v) is 15.5. The number of ether oxygens (including phenoxy) is 1. The number of nitrogens with zero attached hydrogens (tertiary/aromatic N) is 1. The number of rotatable bonds is 6. The first kappa shape index (κ1) is 22.6. The Kier molecular flexibility index (Phi) is 12.8. The molecule has 0 aliphatic carbocycles. The number of pyridine rings is 1. The van der Waals surface area contributed by atoms with Gasteiger partial charge in [-0.15, -0.1) is 0 Å². The Hall–Kier alpha value is -0.720. The first-order valence-electron chi connectivity index (χ1n) is 6.84. The minimum absolute atomic E-state index is 0. The molecule has 1 aromatic rings. The molecule has 4 nitrogen and oxygen atoms in total. The summed E-state index contributed by atoms with van der Waals surface area (Å²) in [5.41, 5.74) is 0. The van der Waals surface area contributed by atoms with Gasteiger partial charge in [-0.3, -0.25) is 4.79 Å². The van der Waals surface area contributed by atoms with Crippen LogP contribution in [0, 0.1) is 5.92 Å². The maximum Gasteiger partial charge on any atom is 0.308 e. The van der Waals surface area contributed by atoms with Gasteiger partial charge >= 0.3 is 5.97 Å². The van der Waals surface area contributed by atoms with Crippen molar-refractivity contribution in [3.05, 3.63) is 24.4 Å². The third-order valence-corrected chi connectivity index (χ3v) is 5.20. The molecule has 3 N–H and O–H groups in total. The molecule has 0 fully saturated rings. The molecule has 122 valence electrons. The Morgan fingerprint density at radius 3 is 2.43 bits per heavy atom. The zero-order chi connectivity index (χ0) is 15.6. The van der Waals surface area contributed by atoms with Crippen LogP contribution in [0.4, 0.5) is 0 Å². The number of aromatic nitrogens is 1. The van der Waals surface area contributed by atoms with Gasteiger partial charge in [0.05, 0.1) is 10.7 Å². The second-order valence-corrected chi connectivity index (χ2v) is 7.71. The predicted molar refractivity (Wildman–Crippen MR) is 93.9 cm³/mol. The molecule has 0 spiro atoms. The Balaban J connectivity index is 0. The lowest BCUT2D eigenvalue weighted by atomic mass is 10.2. The van der Waals surface area contributed by atoms with E-state index in [1.165, 1.54) is 0 Å². The normalized spacial score (nSPS) is 10.2. The third-order valence-electron chi connectivity index (χ3n) is 2.02. The molecule has 0 saturated carbocycles. The maximum atomic E-state index is 11.4. The fraction of sp³-hybridized carbons (Fsp3) is 0.600. The van der Waals surface area contributed by atoms with Gasteiger partial charge in [0.15, 0.2) is 0 Å². The summed E-state index contributed by atoms with van der Waals surface area (Å²) >= 11 is 0. The van der Waals surface area contributed by atoms with Gasteiger partial charge in [0.2, 0.25) is 0 Å². The Morgan fingerprint density at radius 2 is 1.95 bits per heavy atom. The molecule has 0 unspecified atom stereocenters. The van der Waals surface area contributed by atoms with Crippen molar-refractivity contribution in [3.63, 3.8) is 0 Å². The molecular formula is C15H28N2O2S2. The summed E-state index contributed by atoms with van der Waals surface area (Å²) in [6, 6.07) is 5.82. The van der Waals surface area contributed by atoms with Crippen LogP contribution in [0.15, 0.2) is 29.4 Å². The van der Waals surface area contributed by atoms with Gasteiger partial charge in [0, 0.05) is 6.20 Å². The second kappa shape index (κ2) is 11.9. The van der Waals surface area contributed by atoms with Crippen LogP contribution in [0.1, 0.15) is 41.5 Å². The van der Waals surface area contributed by atoms with Gasteiger partial charge < -0.3 is 10.9 Å². The highest BCUT2D eigenvalue weighted by Crippen LogP contribution is 2.39. The van der Waals surface area contributed by atoms with Crippen molar-refractivity contribution >= 4 is 27.6 Å². The summed E-state index contributed by atoms with van der Waals surface area (Å²) in [5, 5.41) is 0.964. The molecule has 1 heterocycles. The molecule has 1 aromatic heterocycles. The first-order valence-corrected chi connectivity index (χ1v) is 8.99. The molecule has 0 aliphatic heterocycles. The smallest absolute Gasteiger partial charge is 0.308 e. The number of carbonyl (C=O) groups is 1. The molecule has 1 rings (SSSR count). The van der Waals surface area contributed by atoms with Crippen molar-refractivity contribution in [1.82, 2.24) is 11.1 Å². The maximum absolute atomic E-state index is 11.4. The van der Waals surface area contributed by atoms with E-state index in [1.807, 2.05) is 45.9 Å². The summed E-state index contributed by atoms with van der Waals surface area (Å²) < 4.78 is 5.13. The van der Waals surface area contributed by atoms with Gasteiger partial charge in [0.25, 0.3) is 0 Å². The Labute approximate surface area is 136 Å². The van der Waals surface area contributed by atoms with Gasteiger partial charge in [0.1, 0.15) is 11.6 Å². The minimum atomic E-state index is -0.147. The van der Waals surface area contributed by atoms with Gasteiger partial charge in [-0.1, -0.05) is 44.6 Å². The van der Waals surface area contributed by atoms with Gasteiger partial charge in [-0.25, -0.2) is 4.98 Å². The van der Waals surface area contributed by atoms with Crippen LogP contribution in [-0.2, 0) is 9.53 Å². The zero-order valence-electron chi connectivity index (χ0n) is 13.9. The van der Waals surface area contributed by atoms with Gasteiger partial charge in [-0.05, 0) is 36.8 Å². The molecular weight excluding hydrogens is 304 g/mol. The predicted octanol–water partition coefficient (Wildman–Crippen LogP) is 4.99. The molecule has 0 radical (unpaired) electrons. The molecule has 6 heteroatoms. The van der Waals surface area contributed by atoms with Crippen LogP contribution in [-0.4, -0.2) is 22.3 Å². The molecule has 0 saturated heterocycles. The van der Waals surface area contributed by atoms with Crippen molar-refractivity contribution in [3.8, 4) is 0 Å². The average molecular weight is 333 g/mol. The summed E-state index contributed by atoms with van der Waals surface area (Å²) in [4.78, 5) is 15.7. The van der Waals surface area contributed by atoms with Crippen molar-refractivity contribution in [2.75, 3.05) is 6.61 Å². The van der Waals surface area contributed by atoms with Crippen molar-refractivity contribution < 1.29 is 9.53 Å². The van der Waals surface area contributed by atoms with E-state index in [-0.39, 0.29) is 22.8 Å². The van der Waals surface area contributed by atoms with Crippen LogP contribution in [0.25, 0.3) is 0 Å². The van der Waals surface area contributed by atoms with E-state index >= 15 is 0 Å². The van der Waals surface area contributed by atoms with Crippen LogP contribution in [0.3, 0.4) is 0 Å². The fourth-order valence-electron chi connectivity index (χ4n) is 0.988. The molecule has 21 heavy (non-hydrogen) atoms. The number of hydrogen-bond acceptors (Lipinski definition) is 6. The fourth-order valence-corrected chi connectivity index (χ4v) is 3.02. The van der Waals surface area contributed by atoms with E-state index in [0.717, 1.165) is 5.03 Å². The molecule has 0 aromatic carbocycles. The molecule has 0 atom stereocenters. The molecule has 0 aliphatic rings. The summed E-state index contributed by atoms with van der Waals surface area (Å²) in [6.45, 7) is 12.2. The quantitative estimate of drug-likeness (QED) is 0.584. The van der Waals surface area contributed by atoms with E-state index in [0.29, 0.717) is 6.61 Å². The number of esters is 1. The monoisotopic (exact) mass is 332 g/mol. The minimum Gasteiger partial charge on any atom is -0.464 e. The standard InChI is InChI=1S/C13H19NO2S2.C2H6.H3N/c1-10(2)12(15)16-9-13(3,4)18-17-11-7-5-6-8-14-11;1-2;/h5-8,10H,9H2,1-4H3;1-2H3;1H3. The summed E-state index contributed by atoms with van der Waals surface area (Å²) in [6.07, 6.45) is 1.77. The highest BCUT2D eigenvalue weighted by molar-refractivity contribution is 8.77. The van der Waals surface area contributed by atoms with Crippen LogP contribution < -0.4 is 6.15 Å². The summed E-state index contributed by atoms with van der Waals surface area (Å²) in [5.74, 6) is -0.222. The first-order chi connectivity index (χ1) is 9.41. The SMILES string of the molecule is CC.CC(C)C(=O)OCC(C)(C)SSc1ccccn1.N. The van der Waals surface area contributed by atoms with E-state index in [1.54, 1.807) is 27.8 Å². The lowest BCUT2D eigenvalue weighted by Gasteiger charge is -2.23. The topological polar surface area (TPSA) is 74.2 Å². The second-order valence-electron chi connectivity index (χ2n) is 4.86. The van der Waals surface area contributed by atoms with Crippen molar-refractivity contribution in [1.29, 1.82) is 0 Å².